The van der Waals surface area contributed by atoms with Gasteiger partial charge in [0.25, 0.3) is 5.91 Å². The fourth-order valence-electron chi connectivity index (χ4n) is 2.33. The number of hydrogen-bond acceptors (Lipinski definition) is 5. The van der Waals surface area contributed by atoms with E-state index in [0.29, 0.717) is 17.8 Å². The number of carbonyl (C=O) groups excluding carboxylic acids is 2. The summed E-state index contributed by atoms with van der Waals surface area (Å²) in [5.41, 5.74) is 0.723. The molecule has 26 heavy (non-hydrogen) atoms. The third-order valence-electron chi connectivity index (χ3n) is 3.39. The zero-order valence-electron chi connectivity index (χ0n) is 15.6. The second-order valence-corrected chi connectivity index (χ2v) is 6.64. The van der Waals surface area contributed by atoms with Crippen molar-refractivity contribution in [3.05, 3.63) is 41.9 Å². The number of nitrogens with one attached hydrogen (secondary N) is 2. The summed E-state index contributed by atoms with van der Waals surface area (Å²) in [6.45, 7) is 7.89. The van der Waals surface area contributed by atoms with Gasteiger partial charge in [0.05, 0.1) is 17.5 Å². The van der Waals surface area contributed by atoms with Gasteiger partial charge in [-0.3, -0.25) is 4.79 Å². The molecule has 0 spiro atoms. The molecule has 2 aromatic heterocycles. The highest BCUT2D eigenvalue weighted by atomic mass is 16.6. The van der Waals surface area contributed by atoms with Gasteiger partial charge in [-0.25, -0.2) is 14.5 Å². The van der Waals surface area contributed by atoms with E-state index in [1.807, 2.05) is 25.1 Å². The zero-order valence-corrected chi connectivity index (χ0v) is 15.6. The van der Waals surface area contributed by atoms with E-state index in [9.17, 15) is 9.59 Å². The Bertz CT molecular complexity index is 750. The number of aromatic nitrogens is 3. The smallest absolute Gasteiger partial charge is 0.407 e. The molecule has 8 nitrogen and oxygen atoms in total. The van der Waals surface area contributed by atoms with Gasteiger partial charge in [0.15, 0.2) is 5.82 Å². The van der Waals surface area contributed by atoms with Gasteiger partial charge in [-0.2, -0.15) is 5.10 Å². The average molecular weight is 359 g/mol. The third kappa shape index (κ3) is 5.30. The maximum absolute atomic E-state index is 12.4. The topological polar surface area (TPSA) is 98.1 Å². The number of carbonyl (C=O) groups is 2. The number of pyridine rings is 1. The second kappa shape index (κ2) is 8.46. The van der Waals surface area contributed by atoms with Crippen LogP contribution < -0.4 is 10.6 Å². The molecule has 0 aromatic carbocycles. The summed E-state index contributed by atoms with van der Waals surface area (Å²) < 4.78 is 6.80. The Kier molecular flexibility index (Phi) is 6.32. The van der Waals surface area contributed by atoms with Crippen LogP contribution in [0.4, 0.5) is 4.79 Å². The van der Waals surface area contributed by atoms with Gasteiger partial charge in [0.1, 0.15) is 5.60 Å². The Morgan fingerprint density at radius 2 is 1.92 bits per heavy atom. The molecule has 2 heterocycles. The molecule has 0 radical (unpaired) electrons. The van der Waals surface area contributed by atoms with E-state index in [1.165, 1.54) is 6.20 Å². The molecule has 0 aliphatic carbocycles. The van der Waals surface area contributed by atoms with Crippen LogP contribution in [0.2, 0.25) is 0 Å². The summed E-state index contributed by atoms with van der Waals surface area (Å²) in [7, 11) is 0. The molecular formula is C18H25N5O3. The third-order valence-corrected chi connectivity index (χ3v) is 3.39. The first kappa shape index (κ1) is 19.4. The van der Waals surface area contributed by atoms with Crippen LogP contribution in [-0.2, 0) is 11.2 Å². The summed E-state index contributed by atoms with van der Waals surface area (Å²) in [6, 6.07) is 5.52. The van der Waals surface area contributed by atoms with Gasteiger partial charge >= 0.3 is 6.09 Å². The Morgan fingerprint density at radius 3 is 2.54 bits per heavy atom. The SMILES string of the molecule is CCc1c(C(=O)NCCNC(=O)OC(C)(C)C)cnn1-c1ccccn1. The number of alkyl carbamates (subject to hydrolysis) is 1. The number of ether oxygens (including phenoxy) is 1. The summed E-state index contributed by atoms with van der Waals surface area (Å²) in [4.78, 5) is 28.2. The fraction of sp³-hybridized carbons (Fsp3) is 0.444. The van der Waals surface area contributed by atoms with Crippen molar-refractivity contribution in [3.8, 4) is 5.82 Å². The molecule has 0 aliphatic heterocycles. The second-order valence-electron chi connectivity index (χ2n) is 6.64. The molecule has 2 N–H and O–H groups in total. The van der Waals surface area contributed by atoms with Gasteiger partial charge in [0.2, 0.25) is 0 Å². The molecule has 140 valence electrons. The zero-order chi connectivity index (χ0) is 19.2. The Labute approximate surface area is 153 Å². The van der Waals surface area contributed by atoms with Crippen LogP contribution in [0.3, 0.4) is 0 Å². The fourth-order valence-corrected chi connectivity index (χ4v) is 2.33. The lowest BCUT2D eigenvalue weighted by molar-refractivity contribution is 0.0526. The van der Waals surface area contributed by atoms with E-state index < -0.39 is 11.7 Å². The van der Waals surface area contributed by atoms with Crippen LogP contribution in [0.15, 0.2) is 30.6 Å². The minimum Gasteiger partial charge on any atom is -0.444 e. The molecule has 2 aromatic rings. The van der Waals surface area contributed by atoms with Crippen molar-refractivity contribution in [2.24, 2.45) is 0 Å². The molecule has 8 heteroatoms. The van der Waals surface area contributed by atoms with Gasteiger partial charge in [0, 0.05) is 19.3 Å². The van der Waals surface area contributed by atoms with Crippen molar-refractivity contribution in [2.45, 2.75) is 39.7 Å². The summed E-state index contributed by atoms with van der Waals surface area (Å²) in [6.07, 6.45) is 3.34. The van der Waals surface area contributed by atoms with Crippen LogP contribution in [-0.4, -0.2) is 45.5 Å². The molecule has 0 unspecified atom stereocenters. The maximum atomic E-state index is 12.4. The van der Waals surface area contributed by atoms with E-state index in [2.05, 4.69) is 20.7 Å². The summed E-state index contributed by atoms with van der Waals surface area (Å²) in [5.74, 6) is 0.421. The monoisotopic (exact) mass is 359 g/mol. The normalized spacial score (nSPS) is 11.1. The molecule has 0 saturated carbocycles. The molecule has 0 atom stereocenters. The molecule has 2 rings (SSSR count). The van der Waals surface area contributed by atoms with Crippen LogP contribution in [0.1, 0.15) is 43.7 Å². The Balaban J connectivity index is 1.92. The van der Waals surface area contributed by atoms with Crippen molar-refractivity contribution in [3.63, 3.8) is 0 Å². The molecule has 2 amide bonds. The standard InChI is InChI=1S/C18H25N5O3/c1-5-14-13(12-22-23(14)15-8-6-7-9-19-15)16(24)20-10-11-21-17(25)26-18(2,3)4/h6-9,12H,5,10-11H2,1-4H3,(H,20,24)(H,21,25). The van der Waals surface area contributed by atoms with Crippen LogP contribution >= 0.6 is 0 Å². The minimum absolute atomic E-state index is 0.241. The number of nitrogens with zero attached hydrogens (tertiary/aromatic N) is 3. The molecule has 0 saturated heterocycles. The maximum Gasteiger partial charge on any atom is 0.407 e. The Hall–Kier alpha value is -2.90. The van der Waals surface area contributed by atoms with Crippen molar-refractivity contribution < 1.29 is 14.3 Å². The molecule has 0 bridgehead atoms. The largest absolute Gasteiger partial charge is 0.444 e. The van der Waals surface area contributed by atoms with E-state index in [0.717, 1.165) is 5.69 Å². The highest BCUT2D eigenvalue weighted by Crippen LogP contribution is 2.14. The number of amides is 2. The number of rotatable bonds is 6. The van der Waals surface area contributed by atoms with E-state index in [1.54, 1.807) is 31.6 Å². The lowest BCUT2D eigenvalue weighted by atomic mass is 10.2. The van der Waals surface area contributed by atoms with Crippen molar-refractivity contribution >= 4 is 12.0 Å². The first-order valence-corrected chi connectivity index (χ1v) is 8.55. The van der Waals surface area contributed by atoms with Crippen molar-refractivity contribution in [2.75, 3.05) is 13.1 Å². The lowest BCUT2D eigenvalue weighted by Gasteiger charge is -2.19. The van der Waals surface area contributed by atoms with Gasteiger partial charge in [-0.1, -0.05) is 13.0 Å². The first-order valence-electron chi connectivity index (χ1n) is 8.55. The van der Waals surface area contributed by atoms with Crippen molar-refractivity contribution in [1.29, 1.82) is 0 Å². The molecular weight excluding hydrogens is 334 g/mol. The van der Waals surface area contributed by atoms with Gasteiger partial charge < -0.3 is 15.4 Å². The van der Waals surface area contributed by atoms with E-state index >= 15 is 0 Å². The molecule has 0 fully saturated rings. The van der Waals surface area contributed by atoms with Gasteiger partial charge in [-0.05, 0) is 39.3 Å². The highest BCUT2D eigenvalue weighted by Gasteiger charge is 2.18. The quantitative estimate of drug-likeness (QED) is 0.770. The predicted octanol–water partition coefficient (Wildman–Crippen LogP) is 2.08. The van der Waals surface area contributed by atoms with E-state index in [4.69, 9.17) is 4.74 Å². The highest BCUT2D eigenvalue weighted by molar-refractivity contribution is 5.95. The molecule has 0 aliphatic rings. The first-order chi connectivity index (χ1) is 12.3. The van der Waals surface area contributed by atoms with Crippen molar-refractivity contribution in [1.82, 2.24) is 25.4 Å². The Morgan fingerprint density at radius 1 is 1.19 bits per heavy atom. The van der Waals surface area contributed by atoms with Gasteiger partial charge in [-0.15, -0.1) is 0 Å². The van der Waals surface area contributed by atoms with Crippen LogP contribution in [0, 0.1) is 0 Å². The van der Waals surface area contributed by atoms with Crippen LogP contribution in [0.5, 0.6) is 0 Å². The minimum atomic E-state index is -0.552. The lowest BCUT2D eigenvalue weighted by Crippen LogP contribution is -2.38. The van der Waals surface area contributed by atoms with Crippen LogP contribution in [0.25, 0.3) is 5.82 Å². The summed E-state index contributed by atoms with van der Waals surface area (Å²) >= 11 is 0. The average Bonchev–Trinajstić information content (AvgIpc) is 3.02. The predicted molar refractivity (Wildman–Crippen MR) is 97.3 cm³/mol. The summed E-state index contributed by atoms with van der Waals surface area (Å²) in [5, 5.41) is 9.65. The number of hydrogen-bond donors (Lipinski definition) is 2. The van der Waals surface area contributed by atoms with E-state index in [-0.39, 0.29) is 19.0 Å².